The van der Waals surface area contributed by atoms with Crippen LogP contribution in [0.15, 0.2) is 18.2 Å². The fourth-order valence-corrected chi connectivity index (χ4v) is 1.89. The Morgan fingerprint density at radius 2 is 2.19 bits per heavy atom. The Kier molecular flexibility index (Phi) is 5.67. The van der Waals surface area contributed by atoms with Crippen LogP contribution in [0.1, 0.15) is 30.6 Å². The Balaban J connectivity index is 3.00. The minimum Gasteiger partial charge on any atom is -0.502 e. The quantitative estimate of drug-likeness (QED) is 0.639. The molecule has 0 radical (unpaired) electrons. The second kappa shape index (κ2) is 7.24. The highest BCUT2D eigenvalue weighted by atomic mass is 16.6. The van der Waals surface area contributed by atoms with Crippen molar-refractivity contribution in [2.75, 3.05) is 13.1 Å². The van der Waals surface area contributed by atoms with E-state index in [1.807, 2.05) is 19.9 Å². The fourth-order valence-electron chi connectivity index (χ4n) is 1.89. The Morgan fingerprint density at radius 1 is 1.52 bits per heavy atom. The van der Waals surface area contributed by atoms with Crippen molar-refractivity contribution in [1.82, 2.24) is 4.90 Å². The molecule has 7 heteroatoms. The standard InChI is InChI=1S/C14H17N3O4/c1-10(2)9-16(7-3-6-15)14(19)11-4-5-12(17(20)21)13(18)8-11/h4-5,8,10,18H,3,7,9H2,1-2H3. The summed E-state index contributed by atoms with van der Waals surface area (Å²) >= 11 is 0. The van der Waals surface area contributed by atoms with Crippen molar-refractivity contribution >= 4 is 11.6 Å². The van der Waals surface area contributed by atoms with Gasteiger partial charge in [-0.2, -0.15) is 5.26 Å². The molecule has 0 unspecified atom stereocenters. The summed E-state index contributed by atoms with van der Waals surface area (Å²) in [6.07, 6.45) is 0.206. The molecular formula is C14H17N3O4. The molecular weight excluding hydrogens is 274 g/mol. The van der Waals surface area contributed by atoms with E-state index in [4.69, 9.17) is 5.26 Å². The minimum absolute atomic E-state index is 0.164. The summed E-state index contributed by atoms with van der Waals surface area (Å²) in [5.41, 5.74) is -0.282. The number of phenolic OH excluding ortho intramolecular Hbond substituents is 1. The van der Waals surface area contributed by atoms with Crippen LogP contribution in [0.25, 0.3) is 0 Å². The van der Waals surface area contributed by atoms with Gasteiger partial charge >= 0.3 is 5.69 Å². The maximum Gasteiger partial charge on any atom is 0.310 e. The van der Waals surface area contributed by atoms with Crippen LogP contribution in [0.4, 0.5) is 5.69 Å². The highest BCUT2D eigenvalue weighted by Gasteiger charge is 2.20. The number of nitrogens with zero attached hydrogens (tertiary/aromatic N) is 3. The number of carbonyl (C=O) groups excluding carboxylic acids is 1. The van der Waals surface area contributed by atoms with Crippen LogP contribution < -0.4 is 0 Å². The predicted octanol–water partition coefficient (Wildman–Crippen LogP) is 2.31. The average Bonchev–Trinajstić information content (AvgIpc) is 2.41. The van der Waals surface area contributed by atoms with Crippen molar-refractivity contribution in [3.05, 3.63) is 33.9 Å². The molecule has 112 valence electrons. The third-order valence-corrected chi connectivity index (χ3v) is 2.79. The molecule has 21 heavy (non-hydrogen) atoms. The number of nitro groups is 1. The molecule has 0 saturated carbocycles. The van der Waals surface area contributed by atoms with Crippen LogP contribution in [0, 0.1) is 27.4 Å². The molecule has 1 aromatic rings. The summed E-state index contributed by atoms with van der Waals surface area (Å²) in [4.78, 5) is 23.8. The first kappa shape index (κ1) is 16.4. The largest absolute Gasteiger partial charge is 0.502 e. The summed E-state index contributed by atoms with van der Waals surface area (Å²) in [5, 5.41) is 28.9. The van der Waals surface area contributed by atoms with Crippen molar-refractivity contribution < 1.29 is 14.8 Å². The van der Waals surface area contributed by atoms with E-state index in [9.17, 15) is 20.0 Å². The molecule has 1 amide bonds. The number of hydrogen-bond acceptors (Lipinski definition) is 5. The molecule has 1 rings (SSSR count). The smallest absolute Gasteiger partial charge is 0.310 e. The Hall–Kier alpha value is -2.62. The van der Waals surface area contributed by atoms with Crippen LogP contribution in [0.3, 0.4) is 0 Å². The summed E-state index contributed by atoms with van der Waals surface area (Å²) in [7, 11) is 0. The van der Waals surface area contributed by atoms with Gasteiger partial charge in [-0.15, -0.1) is 0 Å². The number of hydrogen-bond donors (Lipinski definition) is 1. The molecule has 7 nitrogen and oxygen atoms in total. The Labute approximate surface area is 122 Å². The van der Waals surface area contributed by atoms with Gasteiger partial charge in [0.15, 0.2) is 5.75 Å². The molecule has 0 spiro atoms. The first-order valence-corrected chi connectivity index (χ1v) is 6.50. The number of phenols is 1. The number of rotatable bonds is 6. The van der Waals surface area contributed by atoms with Crippen LogP contribution in [0.2, 0.25) is 0 Å². The molecule has 0 atom stereocenters. The van der Waals surface area contributed by atoms with E-state index >= 15 is 0 Å². The maximum atomic E-state index is 12.4. The molecule has 1 N–H and O–H groups in total. The number of nitro benzene ring substituents is 1. The lowest BCUT2D eigenvalue weighted by atomic mass is 10.1. The van der Waals surface area contributed by atoms with Gasteiger partial charge in [-0.3, -0.25) is 14.9 Å². The van der Waals surface area contributed by atoms with E-state index in [2.05, 4.69) is 0 Å². The predicted molar refractivity (Wildman–Crippen MR) is 75.7 cm³/mol. The van der Waals surface area contributed by atoms with Gasteiger partial charge in [0.25, 0.3) is 5.91 Å². The van der Waals surface area contributed by atoms with Crippen molar-refractivity contribution in [1.29, 1.82) is 5.26 Å². The molecule has 0 aliphatic rings. The molecule has 0 bridgehead atoms. The van der Waals surface area contributed by atoms with Crippen LogP contribution in [0.5, 0.6) is 5.75 Å². The van der Waals surface area contributed by atoms with Gasteiger partial charge in [-0.25, -0.2) is 0 Å². The number of amides is 1. The van der Waals surface area contributed by atoms with Crippen molar-refractivity contribution in [2.45, 2.75) is 20.3 Å². The van der Waals surface area contributed by atoms with Crippen LogP contribution in [-0.2, 0) is 0 Å². The second-order valence-corrected chi connectivity index (χ2v) is 5.01. The minimum atomic E-state index is -0.717. The molecule has 0 aliphatic heterocycles. The van der Waals surface area contributed by atoms with Crippen molar-refractivity contribution in [3.63, 3.8) is 0 Å². The van der Waals surface area contributed by atoms with Crippen LogP contribution in [-0.4, -0.2) is 33.9 Å². The normalized spacial score (nSPS) is 10.2. The molecule has 0 aliphatic carbocycles. The first-order valence-electron chi connectivity index (χ1n) is 6.50. The van der Waals surface area contributed by atoms with Crippen molar-refractivity contribution in [3.8, 4) is 11.8 Å². The number of benzene rings is 1. The van der Waals surface area contributed by atoms with E-state index in [1.165, 1.54) is 11.0 Å². The monoisotopic (exact) mass is 291 g/mol. The van der Waals surface area contributed by atoms with E-state index in [-0.39, 0.29) is 30.4 Å². The van der Waals surface area contributed by atoms with Gasteiger partial charge in [0.1, 0.15) is 0 Å². The number of nitriles is 1. The summed E-state index contributed by atoms with van der Waals surface area (Å²) in [6.45, 7) is 4.64. The lowest BCUT2D eigenvalue weighted by Crippen LogP contribution is -2.35. The summed E-state index contributed by atoms with van der Waals surface area (Å²) < 4.78 is 0. The van der Waals surface area contributed by atoms with Gasteiger partial charge in [0.2, 0.25) is 0 Å². The molecule has 0 aromatic heterocycles. The summed E-state index contributed by atoms with van der Waals surface area (Å²) in [6, 6.07) is 5.47. The zero-order chi connectivity index (χ0) is 16.0. The summed E-state index contributed by atoms with van der Waals surface area (Å²) in [5.74, 6) is -0.681. The Bertz CT molecular complexity index is 578. The van der Waals surface area contributed by atoms with E-state index < -0.39 is 16.4 Å². The van der Waals surface area contributed by atoms with Gasteiger partial charge in [0.05, 0.1) is 17.4 Å². The topological polar surface area (TPSA) is 107 Å². The Morgan fingerprint density at radius 3 is 2.67 bits per heavy atom. The molecule has 0 fully saturated rings. The van der Waals surface area contributed by atoms with Gasteiger partial charge < -0.3 is 10.0 Å². The lowest BCUT2D eigenvalue weighted by Gasteiger charge is -2.23. The third kappa shape index (κ3) is 4.45. The van der Waals surface area contributed by atoms with Crippen molar-refractivity contribution in [2.24, 2.45) is 5.92 Å². The highest BCUT2D eigenvalue weighted by molar-refractivity contribution is 5.95. The maximum absolute atomic E-state index is 12.4. The van der Waals surface area contributed by atoms with E-state index in [0.29, 0.717) is 6.54 Å². The van der Waals surface area contributed by atoms with E-state index in [1.54, 1.807) is 0 Å². The average molecular weight is 291 g/mol. The zero-order valence-electron chi connectivity index (χ0n) is 11.9. The SMILES string of the molecule is CC(C)CN(CCC#N)C(=O)c1ccc([N+](=O)[O-])c(O)c1. The second-order valence-electron chi connectivity index (χ2n) is 5.01. The van der Waals surface area contributed by atoms with Crippen LogP contribution >= 0.6 is 0 Å². The molecule has 1 aromatic carbocycles. The number of aromatic hydroxyl groups is 1. The fraction of sp³-hybridized carbons (Fsp3) is 0.429. The molecule has 0 saturated heterocycles. The van der Waals surface area contributed by atoms with E-state index in [0.717, 1.165) is 12.1 Å². The number of carbonyl (C=O) groups is 1. The third-order valence-electron chi connectivity index (χ3n) is 2.79. The zero-order valence-corrected chi connectivity index (χ0v) is 11.9. The molecule has 0 heterocycles. The van der Waals surface area contributed by atoms with Gasteiger partial charge in [0, 0.05) is 24.7 Å². The van der Waals surface area contributed by atoms with Gasteiger partial charge in [-0.1, -0.05) is 13.8 Å². The highest BCUT2D eigenvalue weighted by Crippen LogP contribution is 2.26. The lowest BCUT2D eigenvalue weighted by molar-refractivity contribution is -0.385. The van der Waals surface area contributed by atoms with Gasteiger partial charge in [-0.05, 0) is 18.1 Å². The first-order chi connectivity index (χ1) is 9.86.